The Bertz CT molecular complexity index is 1080. The quantitative estimate of drug-likeness (QED) is 0.580. The topological polar surface area (TPSA) is 106 Å². The Morgan fingerprint density at radius 2 is 2.00 bits per heavy atom. The minimum absolute atomic E-state index is 0.0283. The third kappa shape index (κ3) is 3.77. The first-order valence-electron chi connectivity index (χ1n) is 9.13. The lowest BCUT2D eigenvalue weighted by Gasteiger charge is -2.12. The highest BCUT2D eigenvalue weighted by Crippen LogP contribution is 2.39. The molecule has 2 N–H and O–H groups in total. The minimum atomic E-state index is -0.676. The molecule has 2 aromatic rings. The van der Waals surface area contributed by atoms with Crippen molar-refractivity contribution in [3.8, 4) is 17.2 Å². The van der Waals surface area contributed by atoms with Gasteiger partial charge >= 0.3 is 6.03 Å². The summed E-state index contributed by atoms with van der Waals surface area (Å²) < 4.78 is 16.0. The molecule has 154 valence electrons. The predicted molar refractivity (Wildman–Crippen MR) is 107 cm³/mol. The van der Waals surface area contributed by atoms with Crippen LogP contribution in [0.2, 0.25) is 0 Å². The maximum Gasteiger partial charge on any atom is 0.329 e. The molecular formula is C21H19N3O6. The molecular weight excluding hydrogens is 390 g/mol. The van der Waals surface area contributed by atoms with Crippen LogP contribution in [0.15, 0.2) is 42.1 Å². The fourth-order valence-electron chi connectivity index (χ4n) is 3.17. The SMILES string of the molecule is COc1cc2c(cc1C=C1NC(=O)N(CC(=O)Nc3cccc(C)c3)C1=O)OCO2. The van der Waals surface area contributed by atoms with Gasteiger partial charge in [-0.1, -0.05) is 12.1 Å². The summed E-state index contributed by atoms with van der Waals surface area (Å²) in [5.41, 5.74) is 2.12. The van der Waals surface area contributed by atoms with Gasteiger partial charge < -0.3 is 24.8 Å². The van der Waals surface area contributed by atoms with Gasteiger partial charge in [0, 0.05) is 17.3 Å². The molecule has 2 heterocycles. The Labute approximate surface area is 172 Å². The molecule has 1 fully saturated rings. The van der Waals surface area contributed by atoms with Crippen LogP contribution in [0.25, 0.3) is 6.08 Å². The molecule has 2 aliphatic heterocycles. The van der Waals surface area contributed by atoms with Crippen molar-refractivity contribution >= 4 is 29.6 Å². The fraction of sp³-hybridized carbons (Fsp3) is 0.190. The van der Waals surface area contributed by atoms with Gasteiger partial charge in [-0.15, -0.1) is 0 Å². The summed E-state index contributed by atoms with van der Waals surface area (Å²) in [4.78, 5) is 38.1. The number of carbonyl (C=O) groups excluding carboxylic acids is 3. The van der Waals surface area contributed by atoms with Crippen LogP contribution in [-0.4, -0.2) is 43.2 Å². The van der Waals surface area contributed by atoms with E-state index in [1.165, 1.54) is 13.2 Å². The van der Waals surface area contributed by atoms with E-state index in [4.69, 9.17) is 14.2 Å². The van der Waals surface area contributed by atoms with Crippen molar-refractivity contribution in [3.63, 3.8) is 0 Å². The van der Waals surface area contributed by atoms with Crippen molar-refractivity contribution in [3.05, 3.63) is 53.2 Å². The lowest BCUT2D eigenvalue weighted by Crippen LogP contribution is -2.38. The van der Waals surface area contributed by atoms with Gasteiger partial charge in [0.05, 0.1) is 7.11 Å². The third-order valence-electron chi connectivity index (χ3n) is 4.59. The average molecular weight is 409 g/mol. The molecule has 4 amide bonds. The van der Waals surface area contributed by atoms with Crippen molar-refractivity contribution in [1.82, 2.24) is 10.2 Å². The summed E-state index contributed by atoms with van der Waals surface area (Å²) in [5, 5.41) is 5.17. The zero-order valence-electron chi connectivity index (χ0n) is 16.4. The van der Waals surface area contributed by atoms with Gasteiger partial charge in [-0.3, -0.25) is 9.59 Å². The Hall–Kier alpha value is -4.01. The zero-order valence-corrected chi connectivity index (χ0v) is 16.4. The first-order valence-corrected chi connectivity index (χ1v) is 9.13. The molecule has 0 atom stereocenters. The summed E-state index contributed by atoms with van der Waals surface area (Å²) in [5.74, 6) is 0.397. The molecule has 2 aromatic carbocycles. The van der Waals surface area contributed by atoms with E-state index in [2.05, 4.69) is 10.6 Å². The Kier molecular flexibility index (Phi) is 5.01. The molecule has 0 radical (unpaired) electrons. The van der Waals surface area contributed by atoms with E-state index in [1.54, 1.807) is 30.3 Å². The van der Waals surface area contributed by atoms with Gasteiger partial charge in [-0.05, 0) is 36.8 Å². The number of rotatable bonds is 5. The van der Waals surface area contributed by atoms with E-state index in [9.17, 15) is 14.4 Å². The van der Waals surface area contributed by atoms with Crippen molar-refractivity contribution in [2.24, 2.45) is 0 Å². The molecule has 9 heteroatoms. The van der Waals surface area contributed by atoms with Gasteiger partial charge in [0.1, 0.15) is 18.0 Å². The maximum atomic E-state index is 12.7. The fourth-order valence-corrected chi connectivity index (χ4v) is 3.17. The Balaban J connectivity index is 1.51. The van der Waals surface area contributed by atoms with Crippen LogP contribution in [0.5, 0.6) is 17.2 Å². The molecule has 2 aliphatic rings. The number of nitrogens with zero attached hydrogens (tertiary/aromatic N) is 1. The van der Waals surface area contributed by atoms with Crippen molar-refractivity contribution in [1.29, 1.82) is 0 Å². The number of nitrogens with one attached hydrogen (secondary N) is 2. The molecule has 1 saturated heterocycles. The summed E-state index contributed by atoms with van der Waals surface area (Å²) in [6.45, 7) is 1.58. The lowest BCUT2D eigenvalue weighted by atomic mass is 10.1. The highest BCUT2D eigenvalue weighted by atomic mass is 16.7. The number of fused-ring (bicyclic) bond motifs is 1. The molecule has 0 aliphatic carbocycles. The third-order valence-corrected chi connectivity index (χ3v) is 4.59. The smallest absolute Gasteiger partial charge is 0.329 e. The second kappa shape index (κ2) is 7.78. The second-order valence-electron chi connectivity index (χ2n) is 6.74. The number of amides is 4. The number of imide groups is 1. The summed E-state index contributed by atoms with van der Waals surface area (Å²) in [7, 11) is 1.48. The second-order valence-corrected chi connectivity index (χ2v) is 6.74. The predicted octanol–water partition coefficient (Wildman–Crippen LogP) is 2.26. The average Bonchev–Trinajstić information content (AvgIpc) is 3.26. The number of hydrogen-bond acceptors (Lipinski definition) is 6. The monoisotopic (exact) mass is 409 g/mol. The van der Waals surface area contributed by atoms with E-state index in [-0.39, 0.29) is 12.5 Å². The molecule has 0 aromatic heterocycles. The maximum absolute atomic E-state index is 12.7. The van der Waals surface area contributed by atoms with E-state index in [0.29, 0.717) is 28.5 Å². The van der Waals surface area contributed by atoms with Gasteiger partial charge in [-0.25, -0.2) is 9.69 Å². The van der Waals surface area contributed by atoms with Crippen LogP contribution in [0, 0.1) is 6.92 Å². The number of ether oxygens (including phenoxy) is 3. The number of carbonyl (C=O) groups is 3. The highest BCUT2D eigenvalue weighted by Gasteiger charge is 2.35. The molecule has 9 nitrogen and oxygen atoms in total. The molecule has 0 unspecified atom stereocenters. The number of hydrogen-bond donors (Lipinski definition) is 2. The molecule has 0 spiro atoms. The van der Waals surface area contributed by atoms with Crippen LogP contribution in [0.4, 0.5) is 10.5 Å². The minimum Gasteiger partial charge on any atom is -0.496 e. The van der Waals surface area contributed by atoms with Crippen LogP contribution >= 0.6 is 0 Å². The number of benzene rings is 2. The standard InChI is InChI=1S/C21H19N3O6/c1-12-4-3-5-14(6-12)22-19(25)10-24-20(26)15(23-21(24)27)7-13-8-17-18(30-11-29-17)9-16(13)28-2/h3-9H,10-11H2,1-2H3,(H,22,25)(H,23,27). The first-order chi connectivity index (χ1) is 14.4. The molecule has 0 saturated carbocycles. The van der Waals surface area contributed by atoms with Gasteiger partial charge in [-0.2, -0.15) is 0 Å². The molecule has 0 bridgehead atoms. The summed E-state index contributed by atoms with van der Waals surface area (Å²) >= 11 is 0. The Morgan fingerprint density at radius 1 is 1.23 bits per heavy atom. The number of aryl methyl sites for hydroxylation is 1. The zero-order chi connectivity index (χ0) is 21.3. The lowest BCUT2D eigenvalue weighted by molar-refractivity contribution is -0.127. The van der Waals surface area contributed by atoms with E-state index in [1.807, 2.05) is 13.0 Å². The van der Waals surface area contributed by atoms with E-state index >= 15 is 0 Å². The first kappa shape index (κ1) is 19.3. The number of methoxy groups -OCH3 is 1. The van der Waals surface area contributed by atoms with Crippen LogP contribution in [-0.2, 0) is 9.59 Å². The van der Waals surface area contributed by atoms with Crippen molar-refractivity contribution in [2.45, 2.75) is 6.92 Å². The van der Waals surface area contributed by atoms with Crippen LogP contribution in [0.1, 0.15) is 11.1 Å². The number of anilines is 1. The van der Waals surface area contributed by atoms with E-state index in [0.717, 1.165) is 10.5 Å². The molecule has 4 rings (SSSR count). The van der Waals surface area contributed by atoms with E-state index < -0.39 is 24.4 Å². The highest BCUT2D eigenvalue weighted by molar-refractivity contribution is 6.16. The largest absolute Gasteiger partial charge is 0.496 e. The normalized spacial score (nSPS) is 16.1. The van der Waals surface area contributed by atoms with Crippen molar-refractivity contribution in [2.75, 3.05) is 25.8 Å². The van der Waals surface area contributed by atoms with Gasteiger partial charge in [0.15, 0.2) is 11.5 Å². The summed E-state index contributed by atoms with van der Waals surface area (Å²) in [6.07, 6.45) is 1.47. The number of urea groups is 1. The van der Waals surface area contributed by atoms with Crippen molar-refractivity contribution < 1.29 is 28.6 Å². The Morgan fingerprint density at radius 3 is 2.73 bits per heavy atom. The van der Waals surface area contributed by atoms with Crippen LogP contribution in [0.3, 0.4) is 0 Å². The summed E-state index contributed by atoms with van der Waals surface area (Å²) in [6, 6.07) is 9.84. The van der Waals surface area contributed by atoms with Gasteiger partial charge in [0.25, 0.3) is 5.91 Å². The molecule has 30 heavy (non-hydrogen) atoms. The van der Waals surface area contributed by atoms with Crippen LogP contribution < -0.4 is 24.8 Å². The van der Waals surface area contributed by atoms with Gasteiger partial charge in [0.2, 0.25) is 12.7 Å².